The van der Waals surface area contributed by atoms with E-state index in [1.54, 1.807) is 0 Å². The second-order valence-electron chi connectivity index (χ2n) is 27.4. The Bertz CT molecular complexity index is 1360. The van der Waals surface area contributed by atoms with Gasteiger partial charge in [-0.2, -0.15) is 0 Å². The van der Waals surface area contributed by atoms with Crippen molar-refractivity contribution in [3.63, 3.8) is 0 Å². The van der Waals surface area contributed by atoms with Crippen molar-refractivity contribution >= 4 is 5.91 Å². The van der Waals surface area contributed by atoms with Crippen molar-refractivity contribution in [3.05, 3.63) is 0 Å². The van der Waals surface area contributed by atoms with E-state index < -0.39 is 74.2 Å². The Morgan fingerprint density at radius 3 is 0.860 bits per heavy atom. The molecule has 0 spiro atoms. The van der Waals surface area contributed by atoms with E-state index in [-0.39, 0.29) is 6.42 Å². The van der Waals surface area contributed by atoms with Gasteiger partial charge in [0.2, 0.25) is 5.91 Å². The van der Waals surface area contributed by atoms with Crippen molar-refractivity contribution in [2.45, 2.75) is 461 Å². The Morgan fingerprint density at radius 2 is 0.605 bits per heavy atom. The zero-order chi connectivity index (χ0) is 62.4. The van der Waals surface area contributed by atoms with Gasteiger partial charge in [-0.15, -0.1) is 0 Å². The van der Waals surface area contributed by atoms with Crippen molar-refractivity contribution in [3.8, 4) is 0 Å². The molecule has 8 N–H and O–H groups in total. The summed E-state index contributed by atoms with van der Waals surface area (Å²) in [5.74, 6) is -0.685. The van der Waals surface area contributed by atoms with Crippen LogP contribution in [0.25, 0.3) is 0 Å². The summed E-state index contributed by atoms with van der Waals surface area (Å²) in [6.45, 7) is 3.54. The molecule has 11 heteroatoms. The molecule has 1 rings (SSSR count). The Hall–Kier alpha value is -0.890. The zero-order valence-electron chi connectivity index (χ0n) is 57.1. The molecule has 0 saturated carbocycles. The molecule has 86 heavy (non-hydrogen) atoms. The SMILES string of the molecule is CCCCCCCCCCCCCCCCCCCCCCCCCCCCCCCCCC(O)C(=O)NC(COC1OC(CO)C(O)C(O)C1O)C(O)C(O)CCCCCCCCCCCCCCCCCCCCCCCCCCCCCC. The zero-order valence-corrected chi connectivity index (χ0v) is 57.1. The number of aliphatic hydroxyl groups excluding tert-OH is 7. The van der Waals surface area contributed by atoms with Crippen LogP contribution in [0.5, 0.6) is 0 Å². The summed E-state index contributed by atoms with van der Waals surface area (Å²) < 4.78 is 11.2. The number of hydrogen-bond donors (Lipinski definition) is 8. The number of carbonyl (C=O) groups excluding carboxylic acids is 1. The van der Waals surface area contributed by atoms with E-state index in [1.807, 2.05) is 0 Å². The molecular weight excluding hydrogens is 1070 g/mol. The van der Waals surface area contributed by atoms with Crippen LogP contribution in [-0.4, -0.2) is 110 Å². The first kappa shape index (κ1) is 83.1. The third-order valence-electron chi connectivity index (χ3n) is 19.2. The summed E-state index contributed by atoms with van der Waals surface area (Å²) in [5, 5.41) is 76.7. The molecular formula is C75H149NO10. The summed E-state index contributed by atoms with van der Waals surface area (Å²) in [6.07, 6.45) is 67.8. The van der Waals surface area contributed by atoms with Gasteiger partial charge >= 0.3 is 0 Å². The predicted molar refractivity (Wildman–Crippen MR) is 363 cm³/mol. The fourth-order valence-electron chi connectivity index (χ4n) is 13.0. The maximum atomic E-state index is 13.3. The average molecular weight is 1230 g/mol. The third kappa shape index (κ3) is 50.7. The van der Waals surface area contributed by atoms with E-state index in [4.69, 9.17) is 9.47 Å². The quantitative estimate of drug-likeness (QED) is 0.0272. The standard InChI is InChI=1S/C75H149NO10/c1-3-5-7-9-11-13-15-17-19-21-23-25-27-29-31-33-34-35-37-39-41-43-45-47-49-51-53-55-57-59-61-63-68(79)74(84)76-66(65-85-75-73(83)72(82)71(81)69(64-77)86-75)70(80)67(78)62-60-58-56-54-52-50-48-46-44-42-40-38-36-32-30-28-26-24-22-20-18-16-14-12-10-8-6-4-2/h66-73,75,77-83H,3-65H2,1-2H3,(H,76,84). The van der Waals surface area contributed by atoms with Crippen molar-refractivity contribution in [1.82, 2.24) is 5.32 Å². The Morgan fingerprint density at radius 1 is 0.360 bits per heavy atom. The largest absolute Gasteiger partial charge is 0.394 e. The van der Waals surface area contributed by atoms with Gasteiger partial charge in [0, 0.05) is 0 Å². The molecule has 0 aromatic rings. The minimum Gasteiger partial charge on any atom is -0.394 e. The molecule has 1 saturated heterocycles. The fraction of sp³-hybridized carbons (Fsp3) is 0.987. The summed E-state index contributed by atoms with van der Waals surface area (Å²) in [5.41, 5.74) is 0. The van der Waals surface area contributed by atoms with Crippen molar-refractivity contribution < 1.29 is 50.0 Å². The lowest BCUT2D eigenvalue weighted by molar-refractivity contribution is -0.303. The van der Waals surface area contributed by atoms with E-state index in [0.29, 0.717) is 19.3 Å². The lowest BCUT2D eigenvalue weighted by Crippen LogP contribution is -2.60. The molecule has 0 radical (unpaired) electrons. The number of rotatable bonds is 69. The number of amides is 1. The maximum absolute atomic E-state index is 13.3. The summed E-state index contributed by atoms with van der Waals surface area (Å²) >= 11 is 0. The number of carbonyl (C=O) groups is 1. The van der Waals surface area contributed by atoms with Gasteiger partial charge in [0.05, 0.1) is 25.4 Å². The lowest BCUT2D eigenvalue weighted by atomic mass is 9.98. The van der Waals surface area contributed by atoms with Gasteiger partial charge in [0.1, 0.15) is 36.6 Å². The van der Waals surface area contributed by atoms with Gasteiger partial charge in [0.15, 0.2) is 6.29 Å². The van der Waals surface area contributed by atoms with E-state index in [0.717, 1.165) is 38.5 Å². The molecule has 1 amide bonds. The van der Waals surface area contributed by atoms with Gasteiger partial charge < -0.3 is 50.5 Å². The molecule has 1 aliphatic heterocycles. The lowest BCUT2D eigenvalue weighted by Gasteiger charge is -2.40. The van der Waals surface area contributed by atoms with Gasteiger partial charge in [-0.05, 0) is 12.8 Å². The van der Waals surface area contributed by atoms with Gasteiger partial charge in [0.25, 0.3) is 0 Å². The topological polar surface area (TPSA) is 189 Å². The van der Waals surface area contributed by atoms with Gasteiger partial charge in [-0.25, -0.2) is 0 Å². The van der Waals surface area contributed by atoms with Crippen LogP contribution >= 0.6 is 0 Å². The molecule has 0 aromatic carbocycles. The first-order valence-corrected chi connectivity index (χ1v) is 38.4. The monoisotopic (exact) mass is 1220 g/mol. The van der Waals surface area contributed by atoms with Crippen molar-refractivity contribution in [1.29, 1.82) is 0 Å². The van der Waals surface area contributed by atoms with E-state index in [2.05, 4.69) is 19.2 Å². The fourth-order valence-corrected chi connectivity index (χ4v) is 13.0. The van der Waals surface area contributed by atoms with Crippen LogP contribution < -0.4 is 5.32 Å². The highest BCUT2D eigenvalue weighted by molar-refractivity contribution is 5.80. The van der Waals surface area contributed by atoms with Crippen molar-refractivity contribution in [2.75, 3.05) is 13.2 Å². The molecule has 11 nitrogen and oxygen atoms in total. The Balaban J connectivity index is 2.14. The Kier molecular flexibility index (Phi) is 62.1. The van der Waals surface area contributed by atoms with Crippen LogP contribution in [0, 0.1) is 0 Å². The van der Waals surface area contributed by atoms with E-state index in [9.17, 15) is 40.5 Å². The number of aliphatic hydroxyl groups is 7. The third-order valence-corrected chi connectivity index (χ3v) is 19.2. The number of ether oxygens (including phenoxy) is 2. The molecule has 1 fully saturated rings. The van der Waals surface area contributed by atoms with Crippen molar-refractivity contribution in [2.24, 2.45) is 0 Å². The van der Waals surface area contributed by atoms with Crippen LogP contribution in [0.1, 0.15) is 406 Å². The minimum absolute atomic E-state index is 0.268. The summed E-state index contributed by atoms with van der Waals surface area (Å²) in [6, 6.07) is -1.17. The number of unbranched alkanes of at least 4 members (excludes halogenated alkanes) is 57. The van der Waals surface area contributed by atoms with Crippen LogP contribution in [-0.2, 0) is 14.3 Å². The van der Waals surface area contributed by atoms with E-state index in [1.165, 1.54) is 327 Å². The molecule has 514 valence electrons. The predicted octanol–water partition coefficient (Wildman–Crippen LogP) is 19.2. The van der Waals surface area contributed by atoms with Crippen LogP contribution in [0.2, 0.25) is 0 Å². The number of hydrogen-bond acceptors (Lipinski definition) is 10. The smallest absolute Gasteiger partial charge is 0.249 e. The molecule has 0 bridgehead atoms. The second kappa shape index (κ2) is 64.2. The Labute approximate surface area is 532 Å². The van der Waals surface area contributed by atoms with Gasteiger partial charge in [-0.1, -0.05) is 393 Å². The van der Waals surface area contributed by atoms with Crippen LogP contribution in [0.3, 0.4) is 0 Å². The molecule has 0 aliphatic carbocycles. The molecule has 0 aromatic heterocycles. The highest BCUT2D eigenvalue weighted by Crippen LogP contribution is 2.25. The maximum Gasteiger partial charge on any atom is 0.249 e. The van der Waals surface area contributed by atoms with Crippen LogP contribution in [0.15, 0.2) is 0 Å². The highest BCUT2D eigenvalue weighted by Gasteiger charge is 2.44. The molecule has 9 unspecified atom stereocenters. The minimum atomic E-state index is -1.66. The normalized spacial score (nSPS) is 18.6. The highest BCUT2D eigenvalue weighted by atomic mass is 16.7. The number of nitrogens with one attached hydrogen (secondary N) is 1. The first-order chi connectivity index (χ1) is 42.2. The van der Waals surface area contributed by atoms with E-state index >= 15 is 0 Å². The molecule has 9 atom stereocenters. The first-order valence-electron chi connectivity index (χ1n) is 38.4. The molecule has 1 heterocycles. The van der Waals surface area contributed by atoms with Gasteiger partial charge in [-0.3, -0.25) is 4.79 Å². The average Bonchev–Trinajstić information content (AvgIpc) is 3.00. The second-order valence-corrected chi connectivity index (χ2v) is 27.4. The van der Waals surface area contributed by atoms with Crippen LogP contribution in [0.4, 0.5) is 0 Å². The summed E-state index contributed by atoms with van der Waals surface area (Å²) in [4.78, 5) is 13.3. The summed E-state index contributed by atoms with van der Waals surface area (Å²) in [7, 11) is 0. The molecule has 1 aliphatic rings.